The Balaban J connectivity index is 0.00000603. The third-order valence-corrected chi connectivity index (χ3v) is 7.19. The predicted molar refractivity (Wildman–Crippen MR) is 185 cm³/mol. The molecule has 0 aliphatic heterocycles. The van der Waals surface area contributed by atoms with E-state index < -0.39 is 23.8 Å². The van der Waals surface area contributed by atoms with E-state index in [1.54, 1.807) is 34.1 Å². The number of ether oxygens (including phenoxy) is 2. The Kier molecular flexibility index (Phi) is 18.9. The number of hydrogen-bond donors (Lipinski definition) is 2. The van der Waals surface area contributed by atoms with Gasteiger partial charge in [0.15, 0.2) is 0 Å². The number of nitrogens with one attached hydrogen (secondary N) is 2. The van der Waals surface area contributed by atoms with E-state index in [9.17, 15) is 9.59 Å². The highest BCUT2D eigenvalue weighted by Crippen LogP contribution is 2.30. The topological polar surface area (TPSA) is 101 Å². The molecule has 1 aromatic rings. The average molecular weight is 613 g/mol. The summed E-state index contributed by atoms with van der Waals surface area (Å²) < 4.78 is 11.2. The molecule has 8 heteroatoms. The maximum Gasteiger partial charge on any atom is 0.408 e. The molecule has 1 aromatic carbocycles. The lowest BCUT2D eigenvalue weighted by atomic mass is 9.95. The Morgan fingerprint density at radius 2 is 1.66 bits per heavy atom. The fourth-order valence-corrected chi connectivity index (χ4v) is 5.14. The molecule has 248 valence electrons. The number of hydrogen-bond acceptors (Lipinski definition) is 6. The standard InChI is InChI=1S/C33H50N4O4.C2H6.CH4/c1-10-26(34-11-2)20-29(31(40-9)35-24(5)19-25-17-12-13-18-25)36-30(38)28(37-32(39)41-33(6,7)8)21-27-22(3)15-14-16-23(27)4;1-2;/h10-11,14-16,25,28-29H,5,12-13,17-21H2,1-4,6-9H3,(H,36,38)(H,37,39);1-2H3;1H4/b26-10-,34-11?,35-31?;;/t28-,29?;;/m0../s1. The van der Waals surface area contributed by atoms with Crippen molar-refractivity contribution in [3.05, 3.63) is 58.9 Å². The molecule has 44 heavy (non-hydrogen) atoms. The number of allylic oxidation sites excluding steroid dienone is 2. The van der Waals surface area contributed by atoms with Crippen LogP contribution in [-0.2, 0) is 20.7 Å². The zero-order chi connectivity index (χ0) is 32.6. The van der Waals surface area contributed by atoms with Gasteiger partial charge in [0.2, 0.25) is 11.8 Å². The molecule has 8 nitrogen and oxygen atoms in total. The quantitative estimate of drug-likeness (QED) is 0.183. The smallest absolute Gasteiger partial charge is 0.408 e. The van der Waals surface area contributed by atoms with Crippen molar-refractivity contribution in [1.82, 2.24) is 10.6 Å². The first-order valence-electron chi connectivity index (χ1n) is 15.7. The molecule has 2 rings (SSSR count). The van der Waals surface area contributed by atoms with Gasteiger partial charge in [-0.25, -0.2) is 9.79 Å². The molecule has 0 heterocycles. The van der Waals surface area contributed by atoms with Crippen LogP contribution in [0.5, 0.6) is 0 Å². The molecule has 1 unspecified atom stereocenters. The molecule has 1 fully saturated rings. The van der Waals surface area contributed by atoms with Crippen LogP contribution in [0.1, 0.15) is 111 Å². The maximum absolute atomic E-state index is 13.9. The molecule has 0 bridgehead atoms. The van der Waals surface area contributed by atoms with Gasteiger partial charge in [-0.2, -0.15) is 0 Å². The first kappa shape index (κ1) is 40.6. The number of carbonyl (C=O) groups excluding carboxylic acids is 2. The van der Waals surface area contributed by atoms with Crippen molar-refractivity contribution < 1.29 is 19.1 Å². The monoisotopic (exact) mass is 612 g/mol. The van der Waals surface area contributed by atoms with Gasteiger partial charge in [-0.15, -0.1) is 0 Å². The molecule has 2 amide bonds. The number of aryl methyl sites for hydroxylation is 2. The Morgan fingerprint density at radius 3 is 2.16 bits per heavy atom. The Labute approximate surface area is 267 Å². The van der Waals surface area contributed by atoms with Crippen LogP contribution in [0.25, 0.3) is 0 Å². The van der Waals surface area contributed by atoms with Crippen molar-refractivity contribution in [3.8, 4) is 0 Å². The largest absolute Gasteiger partial charge is 0.483 e. The maximum atomic E-state index is 13.9. The SMILES string of the molecule is C.C=C(CC1CCCC1)N=C(OC)C(C/C(=C/C)N=CC)NC(=O)[C@H](Cc1c(C)cccc1C)NC(=O)OC(C)(C)C.CC. The third kappa shape index (κ3) is 14.4. The molecule has 2 atom stereocenters. The summed E-state index contributed by atoms with van der Waals surface area (Å²) in [6.45, 7) is 21.3. The molecule has 1 aliphatic carbocycles. The van der Waals surface area contributed by atoms with Crippen LogP contribution < -0.4 is 10.6 Å². The summed E-state index contributed by atoms with van der Waals surface area (Å²) in [5.41, 5.74) is 3.88. The summed E-state index contributed by atoms with van der Waals surface area (Å²) in [6, 6.07) is 4.47. The lowest BCUT2D eigenvalue weighted by Crippen LogP contribution is -2.53. The number of benzene rings is 1. The van der Waals surface area contributed by atoms with E-state index in [1.165, 1.54) is 25.7 Å². The fraction of sp³-hybridized carbons (Fsp3) is 0.611. The van der Waals surface area contributed by atoms with E-state index in [-0.39, 0.29) is 13.3 Å². The van der Waals surface area contributed by atoms with Crippen LogP contribution in [0.3, 0.4) is 0 Å². The van der Waals surface area contributed by atoms with Crippen molar-refractivity contribution in [1.29, 1.82) is 0 Å². The van der Waals surface area contributed by atoms with Gasteiger partial charge < -0.3 is 20.1 Å². The summed E-state index contributed by atoms with van der Waals surface area (Å²) in [6.07, 6.45) is 9.25. The molecule has 1 saturated carbocycles. The van der Waals surface area contributed by atoms with Gasteiger partial charge in [0.25, 0.3) is 0 Å². The summed E-state index contributed by atoms with van der Waals surface area (Å²) in [7, 11) is 1.55. The van der Waals surface area contributed by atoms with Crippen LogP contribution in [0.15, 0.2) is 52.2 Å². The third-order valence-electron chi connectivity index (χ3n) is 7.19. The van der Waals surface area contributed by atoms with E-state index >= 15 is 0 Å². The number of aliphatic imine (C=N–C) groups is 2. The summed E-state index contributed by atoms with van der Waals surface area (Å²) in [4.78, 5) is 35.9. The van der Waals surface area contributed by atoms with E-state index in [4.69, 9.17) is 14.5 Å². The Hall–Kier alpha value is -3.42. The number of methoxy groups -OCH3 is 1. The number of nitrogens with zero attached hydrogens (tertiary/aromatic N) is 2. The highest BCUT2D eigenvalue weighted by molar-refractivity contribution is 5.92. The second kappa shape index (κ2) is 20.5. The minimum atomic E-state index is -0.893. The van der Waals surface area contributed by atoms with E-state index in [0.29, 0.717) is 24.7 Å². The molecule has 0 saturated heterocycles. The lowest BCUT2D eigenvalue weighted by Gasteiger charge is -2.27. The molecule has 2 N–H and O–H groups in total. The summed E-state index contributed by atoms with van der Waals surface area (Å²) in [5, 5.41) is 5.90. The van der Waals surface area contributed by atoms with Gasteiger partial charge in [-0.05, 0) is 77.5 Å². The van der Waals surface area contributed by atoms with Gasteiger partial charge in [-0.3, -0.25) is 9.79 Å². The molecule has 0 spiro atoms. The summed E-state index contributed by atoms with van der Waals surface area (Å²) in [5.74, 6) is 0.564. The minimum Gasteiger partial charge on any atom is -0.483 e. The Bertz CT molecular complexity index is 1120. The van der Waals surface area contributed by atoms with Crippen LogP contribution in [-0.4, -0.2) is 48.9 Å². The Morgan fingerprint density at radius 1 is 1.07 bits per heavy atom. The fourth-order valence-electron chi connectivity index (χ4n) is 5.14. The van der Waals surface area contributed by atoms with E-state index in [0.717, 1.165) is 34.5 Å². The number of amides is 2. The van der Waals surface area contributed by atoms with E-state index in [1.807, 2.05) is 65.8 Å². The first-order chi connectivity index (χ1) is 20.4. The molecule has 1 aliphatic rings. The molecule has 0 radical (unpaired) electrons. The van der Waals surface area contributed by atoms with Gasteiger partial charge >= 0.3 is 6.09 Å². The normalized spacial score (nSPS) is 15.4. The van der Waals surface area contributed by atoms with Crippen molar-refractivity contribution in [3.63, 3.8) is 0 Å². The highest BCUT2D eigenvalue weighted by atomic mass is 16.6. The molecule has 0 aromatic heterocycles. The van der Waals surface area contributed by atoms with Crippen LogP contribution in [0, 0.1) is 19.8 Å². The second-order valence-electron chi connectivity index (χ2n) is 11.8. The van der Waals surface area contributed by atoms with Crippen LogP contribution in [0.4, 0.5) is 4.79 Å². The van der Waals surface area contributed by atoms with E-state index in [2.05, 4.69) is 22.2 Å². The van der Waals surface area contributed by atoms with Crippen LogP contribution >= 0.6 is 0 Å². The van der Waals surface area contributed by atoms with Crippen molar-refractivity contribution in [2.45, 2.75) is 132 Å². The van der Waals surface area contributed by atoms with Crippen molar-refractivity contribution in [2.24, 2.45) is 15.9 Å². The average Bonchev–Trinajstić information content (AvgIpc) is 3.45. The van der Waals surface area contributed by atoms with Gasteiger partial charge in [-0.1, -0.05) is 77.8 Å². The molecular weight excluding hydrogens is 552 g/mol. The first-order valence-corrected chi connectivity index (χ1v) is 15.7. The van der Waals surface area contributed by atoms with Crippen molar-refractivity contribution in [2.75, 3.05) is 7.11 Å². The van der Waals surface area contributed by atoms with Crippen molar-refractivity contribution >= 4 is 24.1 Å². The molecular formula is C36H60N4O4. The zero-order valence-corrected chi connectivity index (χ0v) is 28.3. The second-order valence-corrected chi connectivity index (χ2v) is 11.8. The summed E-state index contributed by atoms with van der Waals surface area (Å²) >= 11 is 0. The van der Waals surface area contributed by atoms with Gasteiger partial charge in [0, 0.05) is 30.5 Å². The highest BCUT2D eigenvalue weighted by Gasteiger charge is 2.30. The minimum absolute atomic E-state index is 0. The zero-order valence-electron chi connectivity index (χ0n) is 28.3. The number of rotatable bonds is 12. The van der Waals surface area contributed by atoms with Gasteiger partial charge in [0.05, 0.1) is 7.11 Å². The number of alkyl carbamates (subject to hydrolysis) is 1. The lowest BCUT2D eigenvalue weighted by molar-refractivity contribution is -0.123. The number of carbonyl (C=O) groups is 2. The predicted octanol–water partition coefficient (Wildman–Crippen LogP) is 8.41. The van der Waals surface area contributed by atoms with Crippen LogP contribution in [0.2, 0.25) is 0 Å². The van der Waals surface area contributed by atoms with Gasteiger partial charge in [0.1, 0.15) is 17.7 Å².